The summed E-state index contributed by atoms with van der Waals surface area (Å²) in [5, 5.41) is 0. The Morgan fingerprint density at radius 1 is 1.04 bits per heavy atom. The SMILES string of the molecule is CCCc1ccc(OCC(=O)N2CCCN(C(=O)C(F)(F)F)CC2)cc1. The third kappa shape index (κ3) is 5.64. The van der Waals surface area contributed by atoms with Gasteiger partial charge in [-0.3, -0.25) is 9.59 Å². The Labute approximate surface area is 150 Å². The molecule has 2 amide bonds. The second-order valence-electron chi connectivity index (χ2n) is 6.21. The fourth-order valence-corrected chi connectivity index (χ4v) is 2.83. The van der Waals surface area contributed by atoms with Crippen LogP contribution in [0.5, 0.6) is 5.75 Å². The van der Waals surface area contributed by atoms with Gasteiger partial charge in [-0.2, -0.15) is 13.2 Å². The van der Waals surface area contributed by atoms with Crippen molar-refractivity contribution in [1.29, 1.82) is 0 Å². The van der Waals surface area contributed by atoms with Gasteiger partial charge in [-0.25, -0.2) is 0 Å². The van der Waals surface area contributed by atoms with Crippen LogP contribution in [0.4, 0.5) is 13.2 Å². The molecule has 1 saturated heterocycles. The highest BCUT2D eigenvalue weighted by Gasteiger charge is 2.42. The van der Waals surface area contributed by atoms with E-state index >= 15 is 0 Å². The van der Waals surface area contributed by atoms with Crippen LogP contribution in [-0.2, 0) is 16.0 Å². The molecule has 1 fully saturated rings. The largest absolute Gasteiger partial charge is 0.484 e. The molecule has 8 heteroatoms. The van der Waals surface area contributed by atoms with E-state index in [1.54, 1.807) is 12.1 Å². The molecule has 0 radical (unpaired) electrons. The Hall–Kier alpha value is -2.25. The van der Waals surface area contributed by atoms with E-state index in [-0.39, 0.29) is 32.1 Å². The van der Waals surface area contributed by atoms with Crippen molar-refractivity contribution in [3.05, 3.63) is 29.8 Å². The zero-order valence-corrected chi connectivity index (χ0v) is 14.7. The molecule has 26 heavy (non-hydrogen) atoms. The Balaban J connectivity index is 1.83. The van der Waals surface area contributed by atoms with Crippen LogP contribution in [0, 0.1) is 0 Å². The average Bonchev–Trinajstić information content (AvgIpc) is 2.86. The summed E-state index contributed by atoms with van der Waals surface area (Å²) in [6.45, 7) is 2.14. The summed E-state index contributed by atoms with van der Waals surface area (Å²) in [4.78, 5) is 25.7. The predicted octanol–water partition coefficient (Wildman–Crippen LogP) is 2.64. The molecule has 1 aliphatic rings. The first-order valence-electron chi connectivity index (χ1n) is 8.67. The number of hydrogen-bond acceptors (Lipinski definition) is 3. The minimum atomic E-state index is -4.88. The van der Waals surface area contributed by atoms with Crippen molar-refractivity contribution in [3.8, 4) is 5.75 Å². The molecule has 0 spiro atoms. The predicted molar refractivity (Wildman–Crippen MR) is 89.8 cm³/mol. The van der Waals surface area contributed by atoms with Gasteiger partial charge in [-0.15, -0.1) is 0 Å². The van der Waals surface area contributed by atoms with E-state index in [4.69, 9.17) is 4.74 Å². The summed E-state index contributed by atoms with van der Waals surface area (Å²) in [7, 11) is 0. The number of rotatable bonds is 5. The topological polar surface area (TPSA) is 49.9 Å². The molecule has 1 aliphatic heterocycles. The van der Waals surface area contributed by atoms with Gasteiger partial charge in [0.2, 0.25) is 0 Å². The summed E-state index contributed by atoms with van der Waals surface area (Å²) >= 11 is 0. The third-order valence-corrected chi connectivity index (χ3v) is 4.20. The second kappa shape index (κ2) is 8.91. The van der Waals surface area contributed by atoms with Gasteiger partial charge in [0.05, 0.1) is 0 Å². The van der Waals surface area contributed by atoms with E-state index in [2.05, 4.69) is 6.92 Å². The second-order valence-corrected chi connectivity index (χ2v) is 6.21. The summed E-state index contributed by atoms with van der Waals surface area (Å²) in [6.07, 6.45) is -2.56. The van der Waals surface area contributed by atoms with Crippen LogP contribution in [-0.4, -0.2) is 60.6 Å². The van der Waals surface area contributed by atoms with E-state index < -0.39 is 12.1 Å². The lowest BCUT2D eigenvalue weighted by Gasteiger charge is -2.23. The van der Waals surface area contributed by atoms with Gasteiger partial charge in [0.25, 0.3) is 5.91 Å². The van der Waals surface area contributed by atoms with Crippen LogP contribution < -0.4 is 4.74 Å². The van der Waals surface area contributed by atoms with E-state index in [9.17, 15) is 22.8 Å². The summed E-state index contributed by atoms with van der Waals surface area (Å²) < 4.78 is 43.0. The van der Waals surface area contributed by atoms with Crippen LogP contribution in [0.3, 0.4) is 0 Å². The van der Waals surface area contributed by atoms with Crippen molar-refractivity contribution in [2.24, 2.45) is 0 Å². The van der Waals surface area contributed by atoms with Gasteiger partial charge in [0.1, 0.15) is 5.75 Å². The van der Waals surface area contributed by atoms with Crippen molar-refractivity contribution in [2.45, 2.75) is 32.4 Å². The number of carbonyl (C=O) groups is 2. The maximum atomic E-state index is 12.5. The van der Waals surface area contributed by atoms with Crippen molar-refractivity contribution >= 4 is 11.8 Å². The van der Waals surface area contributed by atoms with Crippen LogP contribution in [0.25, 0.3) is 0 Å². The van der Waals surface area contributed by atoms with Crippen molar-refractivity contribution in [1.82, 2.24) is 9.80 Å². The third-order valence-electron chi connectivity index (χ3n) is 4.20. The highest BCUT2D eigenvalue weighted by molar-refractivity contribution is 5.82. The lowest BCUT2D eigenvalue weighted by molar-refractivity contribution is -0.185. The summed E-state index contributed by atoms with van der Waals surface area (Å²) in [5.74, 6) is -1.58. The lowest BCUT2D eigenvalue weighted by atomic mass is 10.1. The van der Waals surface area contributed by atoms with E-state index in [1.165, 1.54) is 10.5 Å². The molecular formula is C18H23F3N2O3. The number of benzene rings is 1. The number of carbonyl (C=O) groups excluding carboxylic acids is 2. The molecule has 0 saturated carbocycles. The molecule has 0 aromatic heterocycles. The standard InChI is InChI=1S/C18H23F3N2O3/c1-2-4-14-5-7-15(8-6-14)26-13-16(24)22-9-3-10-23(12-11-22)17(25)18(19,20)21/h5-8H,2-4,9-13H2,1H3. The first-order chi connectivity index (χ1) is 12.3. The molecule has 0 bridgehead atoms. The Morgan fingerprint density at radius 3 is 2.27 bits per heavy atom. The Morgan fingerprint density at radius 2 is 1.65 bits per heavy atom. The molecule has 1 aromatic rings. The first-order valence-corrected chi connectivity index (χ1v) is 8.67. The number of halogens is 3. The van der Waals surface area contributed by atoms with Crippen molar-refractivity contribution in [2.75, 3.05) is 32.8 Å². The normalized spacial score (nSPS) is 15.5. The molecule has 0 aliphatic carbocycles. The molecule has 0 unspecified atom stereocenters. The van der Waals surface area contributed by atoms with Crippen LogP contribution >= 0.6 is 0 Å². The van der Waals surface area contributed by atoms with Crippen molar-refractivity contribution in [3.63, 3.8) is 0 Å². The lowest BCUT2D eigenvalue weighted by Crippen LogP contribution is -2.44. The molecular weight excluding hydrogens is 349 g/mol. The molecule has 0 atom stereocenters. The molecule has 2 rings (SSSR count). The molecule has 1 aromatic carbocycles. The number of hydrogen-bond donors (Lipinski definition) is 0. The molecule has 5 nitrogen and oxygen atoms in total. The fraction of sp³-hybridized carbons (Fsp3) is 0.556. The average molecular weight is 372 g/mol. The Bertz CT molecular complexity index is 617. The van der Waals surface area contributed by atoms with Gasteiger partial charge in [0, 0.05) is 26.2 Å². The highest BCUT2D eigenvalue weighted by Crippen LogP contribution is 2.19. The zero-order valence-electron chi connectivity index (χ0n) is 14.7. The van der Waals surface area contributed by atoms with Gasteiger partial charge in [-0.1, -0.05) is 25.5 Å². The summed E-state index contributed by atoms with van der Waals surface area (Å²) in [6, 6.07) is 7.47. The zero-order chi connectivity index (χ0) is 19.2. The highest BCUT2D eigenvalue weighted by atomic mass is 19.4. The van der Waals surface area contributed by atoms with Gasteiger partial charge < -0.3 is 14.5 Å². The number of amides is 2. The number of ether oxygens (including phenoxy) is 1. The number of alkyl halides is 3. The maximum Gasteiger partial charge on any atom is 0.471 e. The maximum absolute atomic E-state index is 12.5. The first kappa shape index (κ1) is 20.1. The van der Waals surface area contributed by atoms with Crippen LogP contribution in [0.2, 0.25) is 0 Å². The Kier molecular flexibility index (Phi) is 6.88. The van der Waals surface area contributed by atoms with E-state index in [0.29, 0.717) is 18.7 Å². The molecule has 1 heterocycles. The fourth-order valence-electron chi connectivity index (χ4n) is 2.83. The smallest absolute Gasteiger partial charge is 0.471 e. The van der Waals surface area contributed by atoms with Crippen molar-refractivity contribution < 1.29 is 27.5 Å². The van der Waals surface area contributed by atoms with Crippen LogP contribution in [0.15, 0.2) is 24.3 Å². The quantitative estimate of drug-likeness (QED) is 0.799. The minimum Gasteiger partial charge on any atom is -0.484 e. The van der Waals surface area contributed by atoms with Gasteiger partial charge >= 0.3 is 12.1 Å². The van der Waals surface area contributed by atoms with E-state index in [0.717, 1.165) is 17.7 Å². The van der Waals surface area contributed by atoms with E-state index in [1.807, 2.05) is 12.1 Å². The monoisotopic (exact) mass is 372 g/mol. The molecule has 0 N–H and O–H groups in total. The number of aryl methyl sites for hydroxylation is 1. The molecule has 144 valence electrons. The summed E-state index contributed by atoms with van der Waals surface area (Å²) in [5.41, 5.74) is 1.19. The van der Waals surface area contributed by atoms with Gasteiger partial charge in [-0.05, 0) is 30.5 Å². The number of nitrogens with zero attached hydrogens (tertiary/aromatic N) is 2. The van der Waals surface area contributed by atoms with Crippen LogP contribution in [0.1, 0.15) is 25.3 Å². The minimum absolute atomic E-state index is 0.0120. The van der Waals surface area contributed by atoms with Gasteiger partial charge in [0.15, 0.2) is 6.61 Å².